The van der Waals surface area contributed by atoms with Crippen LogP contribution in [0, 0.1) is 46.3 Å². The molecule has 4 saturated carbocycles. The lowest BCUT2D eigenvalue weighted by molar-refractivity contribution is -0.144. The maximum absolute atomic E-state index is 12.7. The third kappa shape index (κ3) is 7.38. The van der Waals surface area contributed by atoms with Crippen LogP contribution in [0.25, 0.3) is 0 Å². The summed E-state index contributed by atoms with van der Waals surface area (Å²) in [5.74, 6) is 2.26. The number of aliphatic hydroxyl groups is 1. The second kappa shape index (κ2) is 15.2. The molecule has 3 aromatic carbocycles. The van der Waals surface area contributed by atoms with Crippen LogP contribution in [-0.4, -0.2) is 48.4 Å². The van der Waals surface area contributed by atoms with Crippen LogP contribution in [0.5, 0.6) is 0 Å². The molecule has 4 aliphatic carbocycles. The summed E-state index contributed by atoms with van der Waals surface area (Å²) in [5, 5.41) is 18.3. The van der Waals surface area contributed by atoms with Gasteiger partial charge in [0, 0.05) is 19.0 Å². The molecule has 286 valence electrons. The summed E-state index contributed by atoms with van der Waals surface area (Å²) < 4.78 is 31.3. The van der Waals surface area contributed by atoms with Crippen molar-refractivity contribution in [2.75, 3.05) is 12.3 Å². The Morgan fingerprint density at radius 2 is 1.36 bits per heavy atom. The molecule has 1 unspecified atom stereocenters. The second-order valence-corrected chi connectivity index (χ2v) is 19.2. The molecule has 8 heteroatoms. The first kappa shape index (κ1) is 38.2. The van der Waals surface area contributed by atoms with Gasteiger partial charge in [0.05, 0.1) is 17.4 Å². The summed E-state index contributed by atoms with van der Waals surface area (Å²) in [7, 11) is -4.11. The van der Waals surface area contributed by atoms with Crippen molar-refractivity contribution in [2.24, 2.45) is 46.3 Å². The number of carbonyl (C=O) groups excluding carboxylic acids is 1. The quantitative estimate of drug-likeness (QED) is 0.111. The van der Waals surface area contributed by atoms with Crippen molar-refractivity contribution in [1.82, 2.24) is 10.6 Å². The van der Waals surface area contributed by atoms with Crippen LogP contribution in [-0.2, 0) is 20.5 Å². The van der Waals surface area contributed by atoms with Crippen LogP contribution >= 0.6 is 0 Å². The monoisotopic (exact) mass is 740 g/mol. The van der Waals surface area contributed by atoms with Gasteiger partial charge in [0.25, 0.3) is 10.1 Å². The van der Waals surface area contributed by atoms with Gasteiger partial charge in [0.2, 0.25) is 5.91 Å². The summed E-state index contributed by atoms with van der Waals surface area (Å²) >= 11 is 0. The highest BCUT2D eigenvalue weighted by molar-refractivity contribution is 7.85. The van der Waals surface area contributed by atoms with Crippen LogP contribution in [0.3, 0.4) is 0 Å². The molecule has 53 heavy (non-hydrogen) atoms. The van der Waals surface area contributed by atoms with Crippen molar-refractivity contribution in [3.8, 4) is 0 Å². The van der Waals surface area contributed by atoms with Crippen molar-refractivity contribution >= 4 is 16.0 Å². The number of fused-ring (bicyclic) bond motifs is 5. The minimum atomic E-state index is -4.11. The minimum Gasteiger partial charge on any atom is -0.393 e. The van der Waals surface area contributed by atoms with Crippen LogP contribution in [0.1, 0.15) is 102 Å². The summed E-state index contributed by atoms with van der Waals surface area (Å²) in [5.41, 5.74) is 3.48. The first-order chi connectivity index (χ1) is 25.3. The van der Waals surface area contributed by atoms with Gasteiger partial charge in [0.15, 0.2) is 0 Å². The number of rotatable bonds is 12. The van der Waals surface area contributed by atoms with Gasteiger partial charge in [-0.1, -0.05) is 112 Å². The standard InChI is InChI=1S/C45H60N2O5S/c1-31(19-22-41(49)46-27-28-53(50,51)52)37-20-21-38-42-39(24-26-44(37,38)3)43(2)25-23-36(48)29-35(43)30-40(42)47-45(32-13-7-4-8-14-32,33-15-9-5-10-16-33)34-17-11-6-12-18-34/h4-18,31,35-40,42,47-48H,19-30H2,1-3H3,(H,46,49)(H,50,51,52)/t31-,35?,36-,37-,38+,39+,40+,42+,43+,44-/m1/s1. The lowest BCUT2D eigenvalue weighted by Gasteiger charge is -2.64. The molecule has 7 nitrogen and oxygen atoms in total. The van der Waals surface area contributed by atoms with E-state index in [9.17, 15) is 18.3 Å². The number of aliphatic hydroxyl groups excluding tert-OH is 1. The van der Waals surface area contributed by atoms with E-state index in [1.807, 2.05) is 0 Å². The van der Waals surface area contributed by atoms with Gasteiger partial charge in [-0.25, -0.2) is 0 Å². The maximum atomic E-state index is 12.7. The number of carbonyl (C=O) groups is 1. The summed E-state index contributed by atoms with van der Waals surface area (Å²) in [4.78, 5) is 12.7. The number of amides is 1. The fourth-order valence-corrected chi connectivity index (χ4v) is 12.8. The van der Waals surface area contributed by atoms with E-state index < -0.39 is 21.4 Å². The van der Waals surface area contributed by atoms with Crippen LogP contribution in [0.2, 0.25) is 0 Å². The molecule has 0 aliphatic heterocycles. The summed E-state index contributed by atoms with van der Waals surface area (Å²) in [6, 6.07) is 33.1. The molecule has 0 aromatic heterocycles. The summed E-state index contributed by atoms with van der Waals surface area (Å²) in [6.07, 6.45) is 9.50. The zero-order valence-electron chi connectivity index (χ0n) is 31.8. The Balaban J connectivity index is 1.24. The first-order valence-electron chi connectivity index (χ1n) is 20.2. The fraction of sp³-hybridized carbons (Fsp3) is 0.578. The molecule has 0 bridgehead atoms. The Morgan fingerprint density at radius 1 is 0.811 bits per heavy atom. The van der Waals surface area contributed by atoms with Crippen molar-refractivity contribution < 1.29 is 22.9 Å². The molecule has 3 aromatic rings. The Kier molecular flexibility index (Phi) is 11.0. The van der Waals surface area contributed by atoms with Gasteiger partial charge in [-0.05, 0) is 121 Å². The molecule has 4 fully saturated rings. The van der Waals surface area contributed by atoms with E-state index in [-0.39, 0.29) is 35.4 Å². The van der Waals surface area contributed by atoms with Gasteiger partial charge in [-0.3, -0.25) is 14.7 Å². The van der Waals surface area contributed by atoms with E-state index in [0.29, 0.717) is 41.9 Å². The number of hydrogen-bond donors (Lipinski definition) is 4. The summed E-state index contributed by atoms with van der Waals surface area (Å²) in [6.45, 7) is 7.37. The highest BCUT2D eigenvalue weighted by Crippen LogP contribution is 2.68. The molecule has 0 spiro atoms. The smallest absolute Gasteiger partial charge is 0.266 e. The Labute approximate surface area is 317 Å². The van der Waals surface area contributed by atoms with Crippen molar-refractivity contribution in [2.45, 2.75) is 103 Å². The van der Waals surface area contributed by atoms with Crippen molar-refractivity contribution in [3.05, 3.63) is 108 Å². The van der Waals surface area contributed by atoms with Gasteiger partial charge >= 0.3 is 0 Å². The predicted octanol–water partition coefficient (Wildman–Crippen LogP) is 7.99. The number of hydrogen-bond acceptors (Lipinski definition) is 5. The normalized spacial score (nSPS) is 33.3. The molecule has 4 N–H and O–H groups in total. The van der Waals surface area contributed by atoms with E-state index in [2.05, 4.69) is 122 Å². The third-order valence-corrected chi connectivity index (χ3v) is 15.7. The van der Waals surface area contributed by atoms with Gasteiger partial charge in [-0.2, -0.15) is 8.42 Å². The topological polar surface area (TPSA) is 116 Å². The van der Waals surface area contributed by atoms with Crippen molar-refractivity contribution in [3.63, 3.8) is 0 Å². The third-order valence-electron chi connectivity index (χ3n) is 15.0. The number of nitrogens with one attached hydrogen (secondary N) is 2. The molecule has 0 radical (unpaired) electrons. The highest BCUT2D eigenvalue weighted by Gasteiger charge is 2.63. The molecule has 1 amide bonds. The molecule has 0 heterocycles. The predicted molar refractivity (Wildman–Crippen MR) is 211 cm³/mol. The van der Waals surface area contributed by atoms with Crippen LogP contribution in [0.4, 0.5) is 0 Å². The molecular weight excluding hydrogens is 681 g/mol. The van der Waals surface area contributed by atoms with Crippen LogP contribution in [0.15, 0.2) is 91.0 Å². The Morgan fingerprint density at radius 3 is 1.92 bits per heavy atom. The minimum absolute atomic E-state index is 0.0695. The second-order valence-electron chi connectivity index (χ2n) is 17.6. The maximum Gasteiger partial charge on any atom is 0.266 e. The van der Waals surface area contributed by atoms with Crippen molar-refractivity contribution in [1.29, 1.82) is 0 Å². The average Bonchev–Trinajstić information content (AvgIpc) is 3.51. The zero-order chi connectivity index (χ0) is 37.4. The van der Waals surface area contributed by atoms with Gasteiger partial charge in [0.1, 0.15) is 0 Å². The van der Waals surface area contributed by atoms with Gasteiger partial charge < -0.3 is 10.4 Å². The molecule has 10 atom stereocenters. The van der Waals surface area contributed by atoms with E-state index in [1.165, 1.54) is 36.0 Å². The van der Waals surface area contributed by atoms with E-state index >= 15 is 0 Å². The lowest BCUT2D eigenvalue weighted by Crippen LogP contribution is -2.64. The van der Waals surface area contributed by atoms with Gasteiger partial charge in [-0.15, -0.1) is 0 Å². The SMILES string of the molecule is C[C@H](CCC(=O)NCCS(=O)(=O)O)[C@H]1CC[C@H]2[C@@H]3[C@@H](NC(c4ccccc4)(c4ccccc4)c4ccccc4)CC4C[C@H](O)CC[C@]4(C)[C@H]3CC[C@]12C. The van der Waals surface area contributed by atoms with E-state index in [0.717, 1.165) is 38.5 Å². The average molecular weight is 741 g/mol. The van der Waals surface area contributed by atoms with E-state index in [1.54, 1.807) is 0 Å². The van der Waals surface area contributed by atoms with Crippen LogP contribution < -0.4 is 10.6 Å². The molecule has 4 aliphatic rings. The van der Waals surface area contributed by atoms with E-state index in [4.69, 9.17) is 4.55 Å². The lowest BCUT2D eigenvalue weighted by atomic mass is 9.43. The molecule has 7 rings (SSSR count). The molecule has 0 saturated heterocycles. The zero-order valence-corrected chi connectivity index (χ0v) is 32.6. The first-order valence-corrected chi connectivity index (χ1v) is 21.8. The fourth-order valence-electron chi connectivity index (χ4n) is 12.4. The Bertz CT molecular complexity index is 1710. The largest absolute Gasteiger partial charge is 0.393 e. The molecular formula is C45H60N2O5S. The Hall–Kier alpha value is -3.04. The number of benzene rings is 3. The highest BCUT2D eigenvalue weighted by atomic mass is 32.2.